The van der Waals surface area contributed by atoms with Gasteiger partial charge in [0, 0.05) is 18.5 Å². The Hall–Kier alpha value is -2.36. The third-order valence-electron chi connectivity index (χ3n) is 3.25. The SMILES string of the molecule is COc1ccccc1CCC(=O)NCc1ccccc1F. The van der Waals surface area contributed by atoms with Gasteiger partial charge >= 0.3 is 0 Å². The van der Waals surface area contributed by atoms with Crippen LogP contribution in [0.2, 0.25) is 0 Å². The summed E-state index contributed by atoms with van der Waals surface area (Å²) in [6.07, 6.45) is 0.932. The number of nitrogens with one attached hydrogen (secondary N) is 1. The number of aryl methyl sites for hydroxylation is 1. The lowest BCUT2D eigenvalue weighted by Crippen LogP contribution is -2.23. The maximum atomic E-state index is 13.4. The molecule has 21 heavy (non-hydrogen) atoms. The van der Waals surface area contributed by atoms with E-state index < -0.39 is 0 Å². The summed E-state index contributed by atoms with van der Waals surface area (Å²) in [5, 5.41) is 2.73. The lowest BCUT2D eigenvalue weighted by atomic mass is 10.1. The van der Waals surface area contributed by atoms with E-state index in [0.717, 1.165) is 11.3 Å². The molecular weight excluding hydrogens is 269 g/mol. The molecule has 110 valence electrons. The zero-order valence-electron chi connectivity index (χ0n) is 11.9. The predicted octanol–water partition coefficient (Wildman–Crippen LogP) is 3.08. The van der Waals surface area contributed by atoms with Crippen molar-refractivity contribution in [1.29, 1.82) is 0 Å². The molecule has 3 nitrogen and oxygen atoms in total. The molecule has 0 spiro atoms. The standard InChI is InChI=1S/C17H18FNO2/c1-21-16-9-5-3-6-13(16)10-11-17(20)19-12-14-7-2-4-8-15(14)18/h2-9H,10-12H2,1H3,(H,19,20). The molecule has 0 aromatic heterocycles. The fraction of sp³-hybridized carbons (Fsp3) is 0.235. The first-order valence-electron chi connectivity index (χ1n) is 6.82. The van der Waals surface area contributed by atoms with Crippen LogP contribution in [0.3, 0.4) is 0 Å². The average molecular weight is 287 g/mol. The summed E-state index contributed by atoms with van der Waals surface area (Å²) in [5.74, 6) is 0.367. The van der Waals surface area contributed by atoms with Gasteiger partial charge in [-0.05, 0) is 24.1 Å². The first-order chi connectivity index (χ1) is 10.2. The van der Waals surface area contributed by atoms with Gasteiger partial charge in [-0.25, -0.2) is 4.39 Å². The van der Waals surface area contributed by atoms with Crippen LogP contribution >= 0.6 is 0 Å². The third kappa shape index (κ3) is 4.31. The highest BCUT2D eigenvalue weighted by molar-refractivity contribution is 5.76. The van der Waals surface area contributed by atoms with Crippen molar-refractivity contribution in [2.75, 3.05) is 7.11 Å². The molecule has 0 aliphatic carbocycles. The Kier molecular flexibility index (Phi) is 5.32. The van der Waals surface area contributed by atoms with Crippen LogP contribution in [0, 0.1) is 5.82 Å². The monoisotopic (exact) mass is 287 g/mol. The maximum Gasteiger partial charge on any atom is 0.220 e. The van der Waals surface area contributed by atoms with Gasteiger partial charge in [0.2, 0.25) is 5.91 Å². The Morgan fingerprint density at radius 1 is 1.10 bits per heavy atom. The summed E-state index contributed by atoms with van der Waals surface area (Å²) >= 11 is 0. The number of hydrogen-bond acceptors (Lipinski definition) is 2. The number of halogens is 1. The van der Waals surface area contributed by atoms with Crippen LogP contribution < -0.4 is 10.1 Å². The van der Waals surface area contributed by atoms with Crippen molar-refractivity contribution < 1.29 is 13.9 Å². The molecule has 0 fully saturated rings. The van der Waals surface area contributed by atoms with E-state index >= 15 is 0 Å². The van der Waals surface area contributed by atoms with E-state index in [1.807, 2.05) is 24.3 Å². The van der Waals surface area contributed by atoms with Crippen molar-refractivity contribution in [1.82, 2.24) is 5.32 Å². The summed E-state index contributed by atoms with van der Waals surface area (Å²) in [6.45, 7) is 0.206. The molecule has 0 saturated heterocycles. The minimum Gasteiger partial charge on any atom is -0.496 e. The van der Waals surface area contributed by atoms with E-state index in [9.17, 15) is 9.18 Å². The van der Waals surface area contributed by atoms with Gasteiger partial charge in [0.25, 0.3) is 0 Å². The van der Waals surface area contributed by atoms with Crippen LogP contribution in [0.15, 0.2) is 48.5 Å². The summed E-state index contributed by atoms with van der Waals surface area (Å²) in [4.78, 5) is 11.8. The van der Waals surface area contributed by atoms with E-state index in [1.54, 1.807) is 25.3 Å². The highest BCUT2D eigenvalue weighted by Gasteiger charge is 2.07. The topological polar surface area (TPSA) is 38.3 Å². The van der Waals surface area contributed by atoms with Gasteiger partial charge in [0.15, 0.2) is 0 Å². The summed E-state index contributed by atoms with van der Waals surface area (Å²) in [6, 6.07) is 14.0. The first kappa shape index (κ1) is 15.0. The van der Waals surface area contributed by atoms with Gasteiger partial charge in [-0.2, -0.15) is 0 Å². The van der Waals surface area contributed by atoms with E-state index in [2.05, 4.69) is 5.32 Å². The molecule has 2 rings (SSSR count). The Morgan fingerprint density at radius 3 is 2.48 bits per heavy atom. The molecular formula is C17H18FNO2. The lowest BCUT2D eigenvalue weighted by molar-refractivity contribution is -0.121. The molecule has 2 aromatic rings. The maximum absolute atomic E-state index is 13.4. The van der Waals surface area contributed by atoms with Gasteiger partial charge in [0.1, 0.15) is 11.6 Å². The average Bonchev–Trinajstić information content (AvgIpc) is 2.52. The van der Waals surface area contributed by atoms with Crippen LogP contribution in [0.1, 0.15) is 17.5 Å². The van der Waals surface area contributed by atoms with E-state index in [0.29, 0.717) is 18.4 Å². The summed E-state index contributed by atoms with van der Waals surface area (Å²) in [5.41, 5.74) is 1.48. The van der Waals surface area contributed by atoms with Crippen molar-refractivity contribution in [2.24, 2.45) is 0 Å². The molecule has 1 amide bonds. The summed E-state index contributed by atoms with van der Waals surface area (Å²) < 4.78 is 18.7. The molecule has 0 atom stereocenters. The second-order valence-corrected chi connectivity index (χ2v) is 4.68. The fourth-order valence-corrected chi connectivity index (χ4v) is 2.08. The predicted molar refractivity (Wildman–Crippen MR) is 79.6 cm³/mol. The van der Waals surface area contributed by atoms with Gasteiger partial charge in [-0.1, -0.05) is 36.4 Å². The molecule has 0 unspecified atom stereocenters. The Labute approximate surface area is 123 Å². The molecule has 0 heterocycles. The number of benzene rings is 2. The van der Waals surface area contributed by atoms with Gasteiger partial charge in [-0.3, -0.25) is 4.79 Å². The Morgan fingerprint density at radius 2 is 1.76 bits per heavy atom. The molecule has 0 aliphatic heterocycles. The summed E-state index contributed by atoms with van der Waals surface area (Å²) in [7, 11) is 1.61. The normalized spacial score (nSPS) is 10.2. The number of para-hydroxylation sites is 1. The van der Waals surface area contributed by atoms with Gasteiger partial charge < -0.3 is 10.1 Å². The molecule has 0 bridgehead atoms. The molecule has 2 aromatic carbocycles. The Bertz CT molecular complexity index is 613. The van der Waals surface area contributed by atoms with Crippen LogP contribution in [-0.4, -0.2) is 13.0 Å². The number of hydrogen-bond donors (Lipinski definition) is 1. The molecule has 0 saturated carbocycles. The minimum absolute atomic E-state index is 0.107. The van der Waals surface area contributed by atoms with Crippen LogP contribution in [-0.2, 0) is 17.8 Å². The molecule has 0 radical (unpaired) electrons. The number of methoxy groups -OCH3 is 1. The zero-order chi connectivity index (χ0) is 15.1. The number of rotatable bonds is 6. The number of ether oxygens (including phenoxy) is 1. The second kappa shape index (κ2) is 7.43. The zero-order valence-corrected chi connectivity index (χ0v) is 11.9. The largest absolute Gasteiger partial charge is 0.496 e. The smallest absolute Gasteiger partial charge is 0.220 e. The van der Waals surface area contributed by atoms with Crippen molar-refractivity contribution in [3.05, 3.63) is 65.5 Å². The molecule has 1 N–H and O–H groups in total. The second-order valence-electron chi connectivity index (χ2n) is 4.68. The van der Waals surface area contributed by atoms with Crippen molar-refractivity contribution >= 4 is 5.91 Å². The van der Waals surface area contributed by atoms with Crippen LogP contribution in [0.4, 0.5) is 4.39 Å². The van der Waals surface area contributed by atoms with Crippen molar-refractivity contribution in [3.8, 4) is 5.75 Å². The number of carbonyl (C=O) groups is 1. The lowest BCUT2D eigenvalue weighted by Gasteiger charge is -2.09. The molecule has 4 heteroatoms. The quantitative estimate of drug-likeness (QED) is 0.886. The van der Waals surface area contributed by atoms with E-state index in [1.165, 1.54) is 6.07 Å². The highest BCUT2D eigenvalue weighted by Crippen LogP contribution is 2.18. The number of amides is 1. The first-order valence-corrected chi connectivity index (χ1v) is 6.82. The van der Waals surface area contributed by atoms with Gasteiger partial charge in [0.05, 0.1) is 7.11 Å². The Balaban J connectivity index is 1.84. The van der Waals surface area contributed by atoms with Crippen molar-refractivity contribution in [2.45, 2.75) is 19.4 Å². The van der Waals surface area contributed by atoms with E-state index in [-0.39, 0.29) is 18.3 Å². The molecule has 0 aliphatic rings. The van der Waals surface area contributed by atoms with Gasteiger partial charge in [-0.15, -0.1) is 0 Å². The highest BCUT2D eigenvalue weighted by atomic mass is 19.1. The van der Waals surface area contributed by atoms with Crippen LogP contribution in [0.5, 0.6) is 5.75 Å². The third-order valence-corrected chi connectivity index (χ3v) is 3.25. The fourth-order valence-electron chi connectivity index (χ4n) is 2.08. The van der Waals surface area contributed by atoms with Crippen molar-refractivity contribution in [3.63, 3.8) is 0 Å². The van der Waals surface area contributed by atoms with Crippen LogP contribution in [0.25, 0.3) is 0 Å². The number of carbonyl (C=O) groups excluding carboxylic acids is 1. The van der Waals surface area contributed by atoms with E-state index in [4.69, 9.17) is 4.74 Å². The minimum atomic E-state index is -0.303.